The van der Waals surface area contributed by atoms with Gasteiger partial charge in [-0.15, -0.1) is 0 Å². The number of nitro benzene ring substituents is 1. The van der Waals surface area contributed by atoms with Crippen LogP contribution < -0.4 is 15.4 Å². The van der Waals surface area contributed by atoms with Crippen LogP contribution >= 0.6 is 0 Å². The third kappa shape index (κ3) is 5.55. The summed E-state index contributed by atoms with van der Waals surface area (Å²) in [5.41, 5.74) is -0.533. The van der Waals surface area contributed by atoms with Crippen molar-refractivity contribution in [3.05, 3.63) is 33.9 Å². The zero-order valence-electron chi connectivity index (χ0n) is 13.3. The second kappa shape index (κ2) is 8.46. The Morgan fingerprint density at radius 2 is 1.96 bits per heavy atom. The fourth-order valence-electron chi connectivity index (χ4n) is 1.64. The molecule has 0 radical (unpaired) electrons. The molecule has 24 heavy (non-hydrogen) atoms. The van der Waals surface area contributed by atoms with Crippen LogP contribution in [0.1, 0.15) is 24.2 Å². The van der Waals surface area contributed by atoms with Crippen molar-refractivity contribution < 1.29 is 28.8 Å². The summed E-state index contributed by atoms with van der Waals surface area (Å²) >= 11 is 0. The maximum Gasteiger partial charge on any atom is 0.338 e. The van der Waals surface area contributed by atoms with Crippen LogP contribution in [-0.4, -0.2) is 42.6 Å². The lowest BCUT2D eigenvalue weighted by Gasteiger charge is -2.09. The van der Waals surface area contributed by atoms with Crippen LogP contribution in [0.3, 0.4) is 0 Å². The van der Waals surface area contributed by atoms with E-state index in [0.29, 0.717) is 0 Å². The summed E-state index contributed by atoms with van der Waals surface area (Å²) in [4.78, 5) is 44.8. The monoisotopic (exact) mass is 339 g/mol. The molecule has 1 aromatic rings. The Morgan fingerprint density at radius 1 is 1.29 bits per heavy atom. The predicted molar refractivity (Wildman–Crippen MR) is 81.7 cm³/mol. The number of methoxy groups -OCH3 is 1. The average molecular weight is 339 g/mol. The number of urea groups is 1. The molecule has 3 amide bonds. The van der Waals surface area contributed by atoms with Gasteiger partial charge in [0.1, 0.15) is 0 Å². The Hall–Kier alpha value is -3.17. The molecule has 0 atom stereocenters. The van der Waals surface area contributed by atoms with E-state index in [1.807, 2.05) is 5.32 Å². The van der Waals surface area contributed by atoms with Crippen LogP contribution in [0.5, 0.6) is 5.75 Å². The van der Waals surface area contributed by atoms with Crippen LogP contribution in [0.25, 0.3) is 0 Å². The Labute approximate surface area is 137 Å². The summed E-state index contributed by atoms with van der Waals surface area (Å²) in [7, 11) is 1.26. The molecule has 0 aliphatic rings. The van der Waals surface area contributed by atoms with Crippen molar-refractivity contribution in [2.45, 2.75) is 19.9 Å². The van der Waals surface area contributed by atoms with Gasteiger partial charge in [-0.3, -0.25) is 20.2 Å². The molecular formula is C14H17N3O7. The summed E-state index contributed by atoms with van der Waals surface area (Å²) in [6.45, 7) is 2.71. The van der Waals surface area contributed by atoms with Gasteiger partial charge in [-0.1, -0.05) is 0 Å². The molecule has 0 saturated heterocycles. The third-order valence-corrected chi connectivity index (χ3v) is 2.62. The lowest BCUT2D eigenvalue weighted by molar-refractivity contribution is -0.385. The highest BCUT2D eigenvalue weighted by molar-refractivity contribution is 5.97. The fourth-order valence-corrected chi connectivity index (χ4v) is 1.64. The van der Waals surface area contributed by atoms with Crippen molar-refractivity contribution in [2.75, 3.05) is 13.7 Å². The zero-order chi connectivity index (χ0) is 18.3. The van der Waals surface area contributed by atoms with Crippen LogP contribution in [0.15, 0.2) is 18.2 Å². The topological polar surface area (TPSA) is 137 Å². The minimum atomic E-state index is -0.944. The van der Waals surface area contributed by atoms with Gasteiger partial charge < -0.3 is 14.8 Å². The van der Waals surface area contributed by atoms with E-state index in [2.05, 4.69) is 5.32 Å². The number of hydrogen-bond donors (Lipinski definition) is 2. The molecule has 0 saturated carbocycles. The number of esters is 1. The highest BCUT2D eigenvalue weighted by Gasteiger charge is 2.19. The van der Waals surface area contributed by atoms with Crippen molar-refractivity contribution in [1.29, 1.82) is 0 Å². The Morgan fingerprint density at radius 3 is 2.50 bits per heavy atom. The van der Waals surface area contributed by atoms with Crippen LogP contribution in [-0.2, 0) is 9.53 Å². The van der Waals surface area contributed by atoms with Gasteiger partial charge in [0, 0.05) is 12.1 Å². The standard InChI is InChI=1S/C14H17N3O7/c1-8(2)15-14(20)16-12(18)7-24-13(19)9-4-5-11(23-3)10(6-9)17(21)22/h4-6,8H,7H2,1-3H3,(H2,15,16,18,20). The van der Waals surface area contributed by atoms with Gasteiger partial charge in [0.2, 0.25) is 0 Å². The molecule has 0 aliphatic heterocycles. The van der Waals surface area contributed by atoms with E-state index in [1.165, 1.54) is 19.2 Å². The van der Waals surface area contributed by atoms with E-state index < -0.39 is 35.1 Å². The maximum atomic E-state index is 11.8. The molecule has 0 unspecified atom stereocenters. The van der Waals surface area contributed by atoms with Crippen LogP contribution in [0.2, 0.25) is 0 Å². The number of ether oxygens (including phenoxy) is 2. The summed E-state index contributed by atoms with van der Waals surface area (Å²) in [6.07, 6.45) is 0. The molecule has 0 heterocycles. The second-order valence-corrected chi connectivity index (χ2v) is 4.90. The molecule has 10 heteroatoms. The molecule has 1 aromatic carbocycles. The molecule has 0 fully saturated rings. The van der Waals surface area contributed by atoms with Gasteiger partial charge in [0.05, 0.1) is 17.6 Å². The lowest BCUT2D eigenvalue weighted by atomic mass is 10.2. The van der Waals surface area contributed by atoms with Crippen LogP contribution in [0.4, 0.5) is 10.5 Å². The number of amides is 3. The van der Waals surface area contributed by atoms with E-state index in [-0.39, 0.29) is 17.4 Å². The average Bonchev–Trinajstić information content (AvgIpc) is 2.50. The SMILES string of the molecule is COc1ccc(C(=O)OCC(=O)NC(=O)NC(C)C)cc1[N+](=O)[O-]. The first-order chi connectivity index (χ1) is 11.2. The van der Waals surface area contributed by atoms with E-state index in [0.717, 1.165) is 6.07 Å². The second-order valence-electron chi connectivity index (χ2n) is 4.90. The van der Waals surface area contributed by atoms with E-state index >= 15 is 0 Å². The number of benzene rings is 1. The number of hydrogen-bond acceptors (Lipinski definition) is 7. The van der Waals surface area contributed by atoms with Gasteiger partial charge in [-0.2, -0.15) is 0 Å². The molecule has 0 aliphatic carbocycles. The molecule has 1 rings (SSSR count). The summed E-state index contributed by atoms with van der Waals surface area (Å²) in [5.74, 6) is -1.79. The zero-order valence-corrected chi connectivity index (χ0v) is 13.3. The highest BCUT2D eigenvalue weighted by Crippen LogP contribution is 2.27. The number of imide groups is 1. The number of carbonyl (C=O) groups excluding carboxylic acids is 3. The summed E-state index contributed by atoms with van der Waals surface area (Å²) < 4.78 is 9.52. The van der Waals surface area contributed by atoms with Crippen LogP contribution in [0, 0.1) is 10.1 Å². The van der Waals surface area contributed by atoms with Gasteiger partial charge in [0.25, 0.3) is 5.91 Å². The van der Waals surface area contributed by atoms with E-state index in [1.54, 1.807) is 13.8 Å². The smallest absolute Gasteiger partial charge is 0.338 e. The molecule has 0 aromatic heterocycles. The van der Waals surface area contributed by atoms with Gasteiger partial charge >= 0.3 is 17.7 Å². The lowest BCUT2D eigenvalue weighted by Crippen LogP contribution is -2.44. The van der Waals surface area contributed by atoms with E-state index in [4.69, 9.17) is 9.47 Å². The molecule has 0 bridgehead atoms. The molecule has 2 N–H and O–H groups in total. The molecule has 0 spiro atoms. The minimum absolute atomic E-state index is 0.0142. The van der Waals surface area contributed by atoms with Gasteiger partial charge in [0.15, 0.2) is 12.4 Å². The largest absolute Gasteiger partial charge is 0.490 e. The number of nitrogens with zero attached hydrogens (tertiary/aromatic N) is 1. The number of carbonyl (C=O) groups is 3. The first kappa shape index (κ1) is 18.9. The Kier molecular flexibility index (Phi) is 6.65. The number of rotatable bonds is 6. The number of nitrogens with one attached hydrogen (secondary N) is 2. The quantitative estimate of drug-likeness (QED) is 0.448. The first-order valence-electron chi connectivity index (χ1n) is 6.84. The van der Waals surface area contributed by atoms with Crippen molar-refractivity contribution in [1.82, 2.24) is 10.6 Å². The molecule has 130 valence electrons. The first-order valence-corrected chi connectivity index (χ1v) is 6.84. The predicted octanol–water partition coefficient (Wildman–Crippen LogP) is 0.994. The number of nitro groups is 1. The highest BCUT2D eigenvalue weighted by atomic mass is 16.6. The normalized spacial score (nSPS) is 10.0. The Balaban J connectivity index is 2.65. The Bertz CT molecular complexity index is 658. The third-order valence-electron chi connectivity index (χ3n) is 2.62. The van der Waals surface area contributed by atoms with Gasteiger partial charge in [-0.25, -0.2) is 9.59 Å². The fraction of sp³-hybridized carbons (Fsp3) is 0.357. The maximum absolute atomic E-state index is 11.8. The molecular weight excluding hydrogens is 322 g/mol. The van der Waals surface area contributed by atoms with Crippen molar-refractivity contribution >= 4 is 23.6 Å². The van der Waals surface area contributed by atoms with E-state index in [9.17, 15) is 24.5 Å². The van der Waals surface area contributed by atoms with Crippen molar-refractivity contribution in [3.8, 4) is 5.75 Å². The summed E-state index contributed by atoms with van der Waals surface area (Å²) in [5, 5.41) is 15.3. The molecule has 10 nitrogen and oxygen atoms in total. The summed E-state index contributed by atoms with van der Waals surface area (Å²) in [6, 6.07) is 2.60. The van der Waals surface area contributed by atoms with Crippen molar-refractivity contribution in [2.24, 2.45) is 0 Å². The minimum Gasteiger partial charge on any atom is -0.490 e. The van der Waals surface area contributed by atoms with Gasteiger partial charge in [-0.05, 0) is 26.0 Å². The van der Waals surface area contributed by atoms with Crippen molar-refractivity contribution in [3.63, 3.8) is 0 Å².